The summed E-state index contributed by atoms with van der Waals surface area (Å²) in [7, 11) is 3.92. The van der Waals surface area contributed by atoms with Gasteiger partial charge >= 0.3 is 0 Å². The van der Waals surface area contributed by atoms with Gasteiger partial charge in [-0.15, -0.1) is 0 Å². The molecular formula is C17H26N4O. The number of rotatable bonds is 7. The minimum absolute atomic E-state index is 0.543. The van der Waals surface area contributed by atoms with E-state index >= 15 is 0 Å². The van der Waals surface area contributed by atoms with E-state index in [0.717, 1.165) is 16.9 Å². The Kier molecular flexibility index (Phi) is 5.34. The highest BCUT2D eigenvalue weighted by Crippen LogP contribution is 2.12. The van der Waals surface area contributed by atoms with Crippen molar-refractivity contribution < 1.29 is 5.11 Å². The molecule has 5 heteroatoms. The van der Waals surface area contributed by atoms with Gasteiger partial charge in [0.2, 0.25) is 0 Å². The van der Waals surface area contributed by atoms with Crippen LogP contribution in [0.3, 0.4) is 0 Å². The van der Waals surface area contributed by atoms with Crippen LogP contribution in [0.4, 0.5) is 0 Å². The van der Waals surface area contributed by atoms with Crippen molar-refractivity contribution in [2.45, 2.75) is 26.0 Å². The monoisotopic (exact) mass is 302 g/mol. The maximum atomic E-state index is 10.3. The molecule has 1 atom stereocenters. The van der Waals surface area contributed by atoms with Crippen molar-refractivity contribution in [1.82, 2.24) is 20.0 Å². The standard InChI is InChI=1S/C17H26N4O/c1-14-15(10-18-12-17(2,22)13-20(3)4)11-21(19-14)16-8-6-5-7-9-16/h5-9,11,18,22H,10,12-13H2,1-4H3. The molecule has 0 radical (unpaired) electrons. The summed E-state index contributed by atoms with van der Waals surface area (Å²) in [4.78, 5) is 1.99. The number of hydrogen-bond acceptors (Lipinski definition) is 4. The van der Waals surface area contributed by atoms with E-state index in [-0.39, 0.29) is 0 Å². The fraction of sp³-hybridized carbons (Fsp3) is 0.471. The van der Waals surface area contributed by atoms with Crippen LogP contribution < -0.4 is 5.32 Å². The third kappa shape index (κ3) is 4.66. The minimum Gasteiger partial charge on any atom is -0.388 e. The fourth-order valence-corrected chi connectivity index (χ4v) is 2.59. The van der Waals surface area contributed by atoms with Gasteiger partial charge in [-0.1, -0.05) is 18.2 Å². The van der Waals surface area contributed by atoms with E-state index in [1.165, 1.54) is 0 Å². The second-order valence-electron chi connectivity index (χ2n) is 6.36. The van der Waals surface area contributed by atoms with Gasteiger partial charge in [-0.25, -0.2) is 4.68 Å². The van der Waals surface area contributed by atoms with Crippen molar-refractivity contribution in [1.29, 1.82) is 0 Å². The maximum absolute atomic E-state index is 10.3. The molecule has 2 rings (SSSR count). The van der Waals surface area contributed by atoms with Gasteiger partial charge < -0.3 is 15.3 Å². The largest absolute Gasteiger partial charge is 0.388 e. The first-order valence-corrected chi connectivity index (χ1v) is 7.56. The fourth-order valence-electron chi connectivity index (χ4n) is 2.59. The normalized spacial score (nSPS) is 14.3. The predicted octanol–water partition coefficient (Wildman–Crippen LogP) is 1.58. The average Bonchev–Trinajstić information content (AvgIpc) is 2.80. The lowest BCUT2D eigenvalue weighted by atomic mass is 10.1. The lowest BCUT2D eigenvalue weighted by Gasteiger charge is -2.27. The predicted molar refractivity (Wildman–Crippen MR) is 89.2 cm³/mol. The Balaban J connectivity index is 1.96. The Labute approximate surface area is 132 Å². The van der Waals surface area contributed by atoms with Crippen molar-refractivity contribution in [3.05, 3.63) is 47.8 Å². The van der Waals surface area contributed by atoms with Gasteiger partial charge in [0, 0.05) is 31.4 Å². The van der Waals surface area contributed by atoms with Gasteiger partial charge in [0.05, 0.1) is 17.0 Å². The quantitative estimate of drug-likeness (QED) is 0.815. The van der Waals surface area contributed by atoms with Crippen molar-refractivity contribution in [2.75, 3.05) is 27.2 Å². The summed E-state index contributed by atoms with van der Waals surface area (Å²) < 4.78 is 1.89. The first-order chi connectivity index (χ1) is 10.4. The molecule has 120 valence electrons. The maximum Gasteiger partial charge on any atom is 0.0869 e. The van der Waals surface area contributed by atoms with Gasteiger partial charge in [0.25, 0.3) is 0 Å². The number of para-hydroxylation sites is 1. The Morgan fingerprint density at radius 1 is 1.27 bits per heavy atom. The van der Waals surface area contributed by atoms with Gasteiger partial charge in [-0.3, -0.25) is 0 Å². The van der Waals surface area contributed by atoms with Crippen LogP contribution in [-0.4, -0.2) is 52.6 Å². The second kappa shape index (κ2) is 7.05. The van der Waals surface area contributed by atoms with E-state index < -0.39 is 5.60 Å². The molecule has 1 heterocycles. The van der Waals surface area contributed by atoms with E-state index in [2.05, 4.69) is 10.4 Å². The van der Waals surface area contributed by atoms with Gasteiger partial charge in [-0.05, 0) is 40.1 Å². The molecule has 2 aromatic rings. The first-order valence-electron chi connectivity index (χ1n) is 7.56. The van der Waals surface area contributed by atoms with Crippen molar-refractivity contribution in [3.8, 4) is 5.69 Å². The van der Waals surface area contributed by atoms with E-state index in [9.17, 15) is 5.11 Å². The van der Waals surface area contributed by atoms with Crippen LogP contribution in [0.2, 0.25) is 0 Å². The van der Waals surface area contributed by atoms with Gasteiger partial charge in [0.15, 0.2) is 0 Å². The van der Waals surface area contributed by atoms with Crippen LogP contribution in [0.5, 0.6) is 0 Å². The summed E-state index contributed by atoms with van der Waals surface area (Å²) in [6.07, 6.45) is 2.04. The molecule has 1 unspecified atom stereocenters. The lowest BCUT2D eigenvalue weighted by molar-refractivity contribution is 0.0336. The third-order valence-corrected chi connectivity index (χ3v) is 3.50. The molecule has 1 aromatic carbocycles. The molecule has 0 saturated carbocycles. The number of benzene rings is 1. The van der Waals surface area contributed by atoms with Crippen LogP contribution in [0, 0.1) is 6.92 Å². The number of aromatic nitrogens is 2. The molecule has 0 saturated heterocycles. The van der Waals surface area contributed by atoms with E-state index in [1.807, 2.05) is 74.1 Å². The van der Waals surface area contributed by atoms with Crippen molar-refractivity contribution >= 4 is 0 Å². The van der Waals surface area contributed by atoms with Crippen LogP contribution in [0.15, 0.2) is 36.5 Å². The van der Waals surface area contributed by atoms with Crippen LogP contribution >= 0.6 is 0 Å². The van der Waals surface area contributed by atoms with Crippen molar-refractivity contribution in [3.63, 3.8) is 0 Å². The summed E-state index contributed by atoms with van der Waals surface area (Å²) in [6.45, 7) is 5.72. The SMILES string of the molecule is Cc1nn(-c2ccccc2)cc1CNCC(C)(O)CN(C)C. The average molecular weight is 302 g/mol. The number of hydrogen-bond donors (Lipinski definition) is 2. The van der Waals surface area contributed by atoms with Crippen LogP contribution in [0.1, 0.15) is 18.2 Å². The van der Waals surface area contributed by atoms with E-state index in [1.54, 1.807) is 0 Å². The molecule has 5 nitrogen and oxygen atoms in total. The molecule has 0 aliphatic rings. The lowest BCUT2D eigenvalue weighted by Crippen LogP contribution is -2.45. The summed E-state index contributed by atoms with van der Waals surface area (Å²) >= 11 is 0. The van der Waals surface area contributed by atoms with Crippen LogP contribution in [0.25, 0.3) is 5.69 Å². The number of aryl methyl sites for hydroxylation is 1. The van der Waals surface area contributed by atoms with Crippen LogP contribution in [-0.2, 0) is 6.54 Å². The van der Waals surface area contributed by atoms with E-state index in [0.29, 0.717) is 19.6 Å². The van der Waals surface area contributed by atoms with Gasteiger partial charge in [-0.2, -0.15) is 5.10 Å². The number of nitrogens with one attached hydrogen (secondary N) is 1. The Morgan fingerprint density at radius 2 is 1.95 bits per heavy atom. The molecule has 0 spiro atoms. The highest BCUT2D eigenvalue weighted by Gasteiger charge is 2.20. The molecule has 0 fully saturated rings. The molecule has 0 amide bonds. The topological polar surface area (TPSA) is 53.3 Å². The number of aliphatic hydroxyl groups is 1. The zero-order valence-electron chi connectivity index (χ0n) is 13.9. The zero-order valence-corrected chi connectivity index (χ0v) is 13.9. The van der Waals surface area contributed by atoms with Crippen molar-refractivity contribution in [2.24, 2.45) is 0 Å². The Hall–Kier alpha value is -1.69. The highest BCUT2D eigenvalue weighted by atomic mass is 16.3. The molecule has 22 heavy (non-hydrogen) atoms. The third-order valence-electron chi connectivity index (χ3n) is 3.50. The zero-order chi connectivity index (χ0) is 16.2. The molecule has 2 N–H and O–H groups in total. The van der Waals surface area contributed by atoms with Gasteiger partial charge in [0.1, 0.15) is 0 Å². The molecule has 0 aliphatic heterocycles. The Morgan fingerprint density at radius 3 is 2.59 bits per heavy atom. The van der Waals surface area contributed by atoms with E-state index in [4.69, 9.17) is 0 Å². The molecule has 0 bridgehead atoms. The first kappa shape index (κ1) is 16.7. The minimum atomic E-state index is -0.743. The second-order valence-corrected chi connectivity index (χ2v) is 6.36. The highest BCUT2D eigenvalue weighted by molar-refractivity contribution is 5.32. The molecule has 1 aromatic heterocycles. The molecule has 0 aliphatic carbocycles. The summed E-state index contributed by atoms with van der Waals surface area (Å²) in [5, 5.41) is 18.2. The summed E-state index contributed by atoms with van der Waals surface area (Å²) in [5.74, 6) is 0. The number of nitrogens with zero attached hydrogens (tertiary/aromatic N) is 3. The number of likely N-dealkylation sites (N-methyl/N-ethyl adjacent to an activating group) is 1. The summed E-state index contributed by atoms with van der Waals surface area (Å²) in [5.41, 5.74) is 2.46. The molecular weight excluding hydrogens is 276 g/mol. The Bertz CT molecular complexity index is 590. The summed E-state index contributed by atoms with van der Waals surface area (Å²) in [6, 6.07) is 10.1. The smallest absolute Gasteiger partial charge is 0.0869 e.